The van der Waals surface area contributed by atoms with Crippen molar-refractivity contribution in [2.45, 2.75) is 13.0 Å². The van der Waals surface area contributed by atoms with Crippen molar-refractivity contribution in [2.75, 3.05) is 43.1 Å². The molecule has 29 heavy (non-hydrogen) atoms. The Bertz CT molecular complexity index is 1100. The maximum atomic E-state index is 13.0. The fourth-order valence-electron chi connectivity index (χ4n) is 3.67. The standard InChI is InChI=1S/C19H21N7O3/c27-16-14-12-25(19(28)20-13-4-2-1-3-5-13)7-6-15(14)21-17-22-18(23-26(16)17)24-8-10-29-11-9-24/h1-5H,6-12H2,(H,20,28)(H,21,22,23). The molecule has 0 bridgehead atoms. The zero-order chi connectivity index (χ0) is 19.8. The fourth-order valence-corrected chi connectivity index (χ4v) is 3.67. The second kappa shape index (κ2) is 7.21. The number of morpholine rings is 1. The van der Waals surface area contributed by atoms with Crippen LogP contribution in [0.5, 0.6) is 0 Å². The van der Waals surface area contributed by atoms with E-state index in [0.717, 1.165) is 5.69 Å². The summed E-state index contributed by atoms with van der Waals surface area (Å²) in [6.45, 7) is 3.38. The van der Waals surface area contributed by atoms with Gasteiger partial charge in [-0.2, -0.15) is 9.50 Å². The molecule has 1 fully saturated rings. The van der Waals surface area contributed by atoms with Crippen LogP contribution in [0.15, 0.2) is 35.1 Å². The summed E-state index contributed by atoms with van der Waals surface area (Å²) in [5, 5.41) is 5.91. The van der Waals surface area contributed by atoms with E-state index < -0.39 is 0 Å². The Morgan fingerprint density at radius 2 is 1.90 bits per heavy atom. The second-order valence-electron chi connectivity index (χ2n) is 7.09. The molecule has 2 N–H and O–H groups in total. The van der Waals surface area contributed by atoms with E-state index in [1.165, 1.54) is 4.52 Å². The van der Waals surface area contributed by atoms with Gasteiger partial charge in [0.15, 0.2) is 0 Å². The number of carbonyl (C=O) groups is 1. The van der Waals surface area contributed by atoms with E-state index in [-0.39, 0.29) is 18.1 Å². The monoisotopic (exact) mass is 395 g/mol. The third-order valence-corrected chi connectivity index (χ3v) is 5.25. The third kappa shape index (κ3) is 3.31. The van der Waals surface area contributed by atoms with Crippen molar-refractivity contribution < 1.29 is 9.53 Å². The molecule has 2 aliphatic heterocycles. The van der Waals surface area contributed by atoms with E-state index in [9.17, 15) is 9.59 Å². The molecule has 4 heterocycles. The molecule has 0 spiro atoms. The zero-order valence-corrected chi connectivity index (χ0v) is 15.8. The van der Waals surface area contributed by atoms with Gasteiger partial charge in [0.2, 0.25) is 5.95 Å². The molecule has 0 unspecified atom stereocenters. The quantitative estimate of drug-likeness (QED) is 0.666. The molecule has 150 valence electrons. The summed E-state index contributed by atoms with van der Waals surface area (Å²) in [5.74, 6) is 0.969. The molecule has 0 atom stereocenters. The number of aromatic amines is 1. The normalized spacial score (nSPS) is 16.7. The maximum absolute atomic E-state index is 13.0. The third-order valence-electron chi connectivity index (χ3n) is 5.25. The molecule has 0 radical (unpaired) electrons. The molecule has 0 aliphatic carbocycles. The number of amides is 2. The van der Waals surface area contributed by atoms with E-state index in [4.69, 9.17) is 4.74 Å². The van der Waals surface area contributed by atoms with Crippen molar-refractivity contribution in [3.63, 3.8) is 0 Å². The molecule has 2 amide bonds. The summed E-state index contributed by atoms with van der Waals surface area (Å²) in [6.07, 6.45) is 0.517. The number of nitrogens with one attached hydrogen (secondary N) is 2. The highest BCUT2D eigenvalue weighted by Crippen LogP contribution is 2.18. The van der Waals surface area contributed by atoms with Gasteiger partial charge in [0.25, 0.3) is 11.3 Å². The first-order chi connectivity index (χ1) is 14.2. The van der Waals surface area contributed by atoms with Gasteiger partial charge in [0.05, 0.1) is 31.0 Å². The summed E-state index contributed by atoms with van der Waals surface area (Å²) < 4.78 is 6.73. The summed E-state index contributed by atoms with van der Waals surface area (Å²) in [7, 11) is 0. The number of aromatic nitrogens is 4. The number of hydrogen-bond donors (Lipinski definition) is 2. The molecule has 2 aliphatic rings. The Labute approximate surface area is 166 Å². The highest BCUT2D eigenvalue weighted by atomic mass is 16.5. The van der Waals surface area contributed by atoms with Crippen molar-refractivity contribution in [3.8, 4) is 0 Å². The summed E-state index contributed by atoms with van der Waals surface area (Å²) in [5.41, 5.74) is 1.74. The molecule has 3 aromatic rings. The minimum Gasteiger partial charge on any atom is -0.378 e. The van der Waals surface area contributed by atoms with Gasteiger partial charge in [-0.25, -0.2) is 9.78 Å². The highest BCUT2D eigenvalue weighted by Gasteiger charge is 2.26. The second-order valence-corrected chi connectivity index (χ2v) is 7.09. The molecular formula is C19H21N7O3. The van der Waals surface area contributed by atoms with Crippen LogP contribution in [0.25, 0.3) is 5.78 Å². The number of fused-ring (bicyclic) bond motifs is 2. The van der Waals surface area contributed by atoms with Crippen molar-refractivity contribution in [2.24, 2.45) is 0 Å². The van der Waals surface area contributed by atoms with Gasteiger partial charge in [-0.05, 0) is 12.1 Å². The number of H-pyrrole nitrogens is 1. The van der Waals surface area contributed by atoms with Gasteiger partial charge in [0, 0.05) is 31.7 Å². The first-order valence-electron chi connectivity index (χ1n) is 9.63. The van der Waals surface area contributed by atoms with Crippen molar-refractivity contribution in [3.05, 3.63) is 51.9 Å². The van der Waals surface area contributed by atoms with Gasteiger partial charge in [0.1, 0.15) is 0 Å². The van der Waals surface area contributed by atoms with Crippen LogP contribution in [0.3, 0.4) is 0 Å². The lowest BCUT2D eigenvalue weighted by Gasteiger charge is -2.27. The molecule has 10 heteroatoms. The van der Waals surface area contributed by atoms with Gasteiger partial charge >= 0.3 is 6.03 Å². The Balaban J connectivity index is 1.41. The lowest BCUT2D eigenvalue weighted by atomic mass is 10.1. The Hall–Kier alpha value is -3.40. The predicted molar refractivity (Wildman–Crippen MR) is 106 cm³/mol. The van der Waals surface area contributed by atoms with E-state index in [0.29, 0.717) is 62.3 Å². The van der Waals surface area contributed by atoms with Gasteiger partial charge in [-0.15, -0.1) is 0 Å². The topological polar surface area (TPSA) is 108 Å². The van der Waals surface area contributed by atoms with Crippen molar-refractivity contribution in [1.29, 1.82) is 0 Å². The van der Waals surface area contributed by atoms with E-state index >= 15 is 0 Å². The molecule has 1 aromatic carbocycles. The number of anilines is 2. The molecular weight excluding hydrogens is 374 g/mol. The van der Waals surface area contributed by atoms with Crippen LogP contribution in [0.1, 0.15) is 11.3 Å². The smallest absolute Gasteiger partial charge is 0.322 e. The summed E-state index contributed by atoms with van der Waals surface area (Å²) in [6, 6.07) is 9.03. The number of hydrogen-bond acceptors (Lipinski definition) is 6. The number of rotatable bonds is 2. The van der Waals surface area contributed by atoms with Gasteiger partial charge in [-0.1, -0.05) is 18.2 Å². The Morgan fingerprint density at radius 1 is 1.10 bits per heavy atom. The van der Waals surface area contributed by atoms with Gasteiger partial charge < -0.3 is 19.9 Å². The molecule has 1 saturated heterocycles. The number of ether oxygens (including phenoxy) is 1. The van der Waals surface area contributed by atoms with Crippen LogP contribution in [-0.2, 0) is 17.7 Å². The van der Waals surface area contributed by atoms with Crippen molar-refractivity contribution >= 4 is 23.4 Å². The molecule has 0 saturated carbocycles. The van der Waals surface area contributed by atoms with Crippen LogP contribution < -0.4 is 15.8 Å². The number of para-hydroxylation sites is 1. The predicted octanol–water partition coefficient (Wildman–Crippen LogP) is 0.844. The fraction of sp³-hybridized carbons (Fsp3) is 0.368. The minimum absolute atomic E-state index is 0.214. The number of benzene rings is 1. The molecule has 10 nitrogen and oxygen atoms in total. The molecule has 2 aromatic heterocycles. The van der Waals surface area contributed by atoms with Crippen LogP contribution in [0.4, 0.5) is 16.4 Å². The Morgan fingerprint density at radius 3 is 2.69 bits per heavy atom. The highest BCUT2D eigenvalue weighted by molar-refractivity contribution is 5.89. The largest absolute Gasteiger partial charge is 0.378 e. The van der Waals surface area contributed by atoms with Gasteiger partial charge in [-0.3, -0.25) is 9.89 Å². The van der Waals surface area contributed by atoms with Crippen LogP contribution in [0, 0.1) is 0 Å². The number of urea groups is 1. The van der Waals surface area contributed by atoms with Crippen molar-refractivity contribution in [1.82, 2.24) is 24.5 Å². The Kier molecular flexibility index (Phi) is 4.39. The van der Waals surface area contributed by atoms with Crippen LogP contribution in [0.2, 0.25) is 0 Å². The lowest BCUT2D eigenvalue weighted by Crippen LogP contribution is -2.42. The average Bonchev–Trinajstić information content (AvgIpc) is 3.19. The van der Waals surface area contributed by atoms with Crippen LogP contribution >= 0.6 is 0 Å². The summed E-state index contributed by atoms with van der Waals surface area (Å²) >= 11 is 0. The van der Waals surface area contributed by atoms with E-state index in [1.54, 1.807) is 4.90 Å². The van der Waals surface area contributed by atoms with E-state index in [2.05, 4.69) is 20.4 Å². The molecule has 5 rings (SSSR count). The number of carbonyl (C=O) groups excluding carboxylic acids is 1. The zero-order valence-electron chi connectivity index (χ0n) is 15.8. The minimum atomic E-state index is -0.232. The maximum Gasteiger partial charge on any atom is 0.322 e. The van der Waals surface area contributed by atoms with E-state index in [1.807, 2.05) is 35.2 Å². The van der Waals surface area contributed by atoms with Crippen LogP contribution in [-0.4, -0.2) is 63.4 Å². The SMILES string of the molecule is O=C(Nc1ccccc1)N1CCc2nc3nc(N4CCOCC4)[nH]n3c(=O)c2C1. The lowest BCUT2D eigenvalue weighted by molar-refractivity contribution is 0.122. The first-order valence-corrected chi connectivity index (χ1v) is 9.63. The number of nitrogens with zero attached hydrogens (tertiary/aromatic N) is 5. The first kappa shape index (κ1) is 17.7. The average molecular weight is 395 g/mol. The summed E-state index contributed by atoms with van der Waals surface area (Å²) in [4.78, 5) is 38.4.